The van der Waals surface area contributed by atoms with Gasteiger partial charge in [0, 0.05) is 20.8 Å². The highest BCUT2D eigenvalue weighted by Gasteiger charge is 2.41. The van der Waals surface area contributed by atoms with Crippen LogP contribution in [-0.4, -0.2) is 50.6 Å². The van der Waals surface area contributed by atoms with Crippen LogP contribution in [0.3, 0.4) is 0 Å². The second-order valence-corrected chi connectivity index (χ2v) is 3.78. The van der Waals surface area contributed by atoms with Crippen LogP contribution < -0.4 is 5.32 Å². The predicted molar refractivity (Wildman–Crippen MR) is 57.0 cm³/mol. The molecular formula is C10H21NO4. The Morgan fingerprint density at radius 3 is 2.33 bits per heavy atom. The Labute approximate surface area is 90.8 Å². The third-order valence-electron chi connectivity index (χ3n) is 2.49. The van der Waals surface area contributed by atoms with Crippen LogP contribution in [0.2, 0.25) is 0 Å². The second-order valence-electron chi connectivity index (χ2n) is 3.78. The molecule has 0 aliphatic rings. The Morgan fingerprint density at radius 2 is 2.00 bits per heavy atom. The fourth-order valence-electron chi connectivity index (χ4n) is 1.41. The number of rotatable bonds is 8. The molecule has 0 saturated carbocycles. The van der Waals surface area contributed by atoms with Gasteiger partial charge in [0.15, 0.2) is 0 Å². The third-order valence-corrected chi connectivity index (χ3v) is 2.49. The molecule has 1 atom stereocenters. The van der Waals surface area contributed by atoms with Gasteiger partial charge in [0.05, 0.1) is 13.2 Å². The molecule has 90 valence electrons. The molecule has 0 rings (SSSR count). The number of aliphatic carboxylic acids is 1. The maximum Gasteiger partial charge on any atom is 0.326 e. The molecular weight excluding hydrogens is 198 g/mol. The molecule has 15 heavy (non-hydrogen) atoms. The Balaban J connectivity index is 4.56. The van der Waals surface area contributed by atoms with Crippen molar-refractivity contribution in [1.82, 2.24) is 5.32 Å². The Kier molecular flexibility index (Phi) is 6.47. The van der Waals surface area contributed by atoms with Crippen molar-refractivity contribution in [3.05, 3.63) is 0 Å². The van der Waals surface area contributed by atoms with Gasteiger partial charge in [-0.05, 0) is 5.92 Å². The molecule has 0 aromatic carbocycles. The second kappa shape index (κ2) is 6.76. The summed E-state index contributed by atoms with van der Waals surface area (Å²) in [6, 6.07) is 0. The molecule has 0 aromatic heterocycles. The lowest BCUT2D eigenvalue weighted by Gasteiger charge is -2.33. The van der Waals surface area contributed by atoms with E-state index in [9.17, 15) is 9.90 Å². The first-order valence-electron chi connectivity index (χ1n) is 4.97. The van der Waals surface area contributed by atoms with Crippen LogP contribution in [0, 0.1) is 5.92 Å². The van der Waals surface area contributed by atoms with E-state index < -0.39 is 11.5 Å². The fraction of sp³-hybridized carbons (Fsp3) is 0.900. The van der Waals surface area contributed by atoms with Crippen molar-refractivity contribution >= 4 is 5.97 Å². The van der Waals surface area contributed by atoms with Gasteiger partial charge in [-0.15, -0.1) is 0 Å². The zero-order valence-corrected chi connectivity index (χ0v) is 9.87. The van der Waals surface area contributed by atoms with Gasteiger partial charge >= 0.3 is 5.97 Å². The van der Waals surface area contributed by atoms with Crippen LogP contribution in [-0.2, 0) is 14.3 Å². The standard InChI is InChI=1S/C10H21NO4/c1-8(2)10(7-15-4,9(12)13)11-5-6-14-3/h8,11H,5-7H2,1-4H3,(H,12,13). The number of nitrogens with one attached hydrogen (secondary N) is 1. The fourth-order valence-corrected chi connectivity index (χ4v) is 1.41. The molecule has 0 fully saturated rings. The van der Waals surface area contributed by atoms with E-state index in [1.807, 2.05) is 13.8 Å². The first kappa shape index (κ1) is 14.3. The number of carboxylic acids is 1. The number of ether oxygens (including phenoxy) is 2. The van der Waals surface area contributed by atoms with E-state index in [4.69, 9.17) is 9.47 Å². The van der Waals surface area contributed by atoms with E-state index in [1.165, 1.54) is 7.11 Å². The van der Waals surface area contributed by atoms with E-state index in [0.717, 1.165) is 0 Å². The predicted octanol–water partition coefficient (Wildman–Crippen LogP) is 0.348. The molecule has 5 heteroatoms. The summed E-state index contributed by atoms with van der Waals surface area (Å²) in [5, 5.41) is 12.2. The van der Waals surface area contributed by atoms with Gasteiger partial charge in [0.2, 0.25) is 0 Å². The highest BCUT2D eigenvalue weighted by Crippen LogP contribution is 2.17. The first-order chi connectivity index (χ1) is 7.01. The van der Waals surface area contributed by atoms with Gasteiger partial charge < -0.3 is 14.6 Å². The van der Waals surface area contributed by atoms with E-state index in [1.54, 1.807) is 7.11 Å². The van der Waals surface area contributed by atoms with Gasteiger partial charge in [-0.25, -0.2) is 0 Å². The molecule has 0 aliphatic carbocycles. The molecule has 2 N–H and O–H groups in total. The summed E-state index contributed by atoms with van der Waals surface area (Å²) in [5.41, 5.74) is -1.03. The lowest BCUT2D eigenvalue weighted by atomic mass is 9.87. The maximum absolute atomic E-state index is 11.3. The van der Waals surface area contributed by atoms with Crippen molar-refractivity contribution < 1.29 is 19.4 Å². The van der Waals surface area contributed by atoms with Crippen LogP contribution in [0.1, 0.15) is 13.8 Å². The first-order valence-corrected chi connectivity index (χ1v) is 4.97. The minimum atomic E-state index is -1.03. The summed E-state index contributed by atoms with van der Waals surface area (Å²) >= 11 is 0. The molecule has 5 nitrogen and oxygen atoms in total. The number of hydrogen-bond acceptors (Lipinski definition) is 4. The molecule has 0 radical (unpaired) electrons. The Hall–Kier alpha value is -0.650. The van der Waals surface area contributed by atoms with Crippen molar-refractivity contribution in [3.63, 3.8) is 0 Å². The van der Waals surface area contributed by atoms with Crippen molar-refractivity contribution in [2.75, 3.05) is 34.0 Å². The van der Waals surface area contributed by atoms with Crippen LogP contribution >= 0.6 is 0 Å². The molecule has 0 aromatic rings. The summed E-state index contributed by atoms with van der Waals surface area (Å²) in [5.74, 6) is -0.956. The summed E-state index contributed by atoms with van der Waals surface area (Å²) in [4.78, 5) is 11.3. The molecule has 0 heterocycles. The average molecular weight is 219 g/mol. The van der Waals surface area contributed by atoms with Gasteiger partial charge in [0.25, 0.3) is 0 Å². The molecule has 0 bridgehead atoms. The normalized spacial score (nSPS) is 15.3. The van der Waals surface area contributed by atoms with Crippen LogP contribution in [0.5, 0.6) is 0 Å². The molecule has 0 amide bonds. The minimum Gasteiger partial charge on any atom is -0.480 e. The molecule has 0 spiro atoms. The van der Waals surface area contributed by atoms with Crippen molar-refractivity contribution in [2.24, 2.45) is 5.92 Å². The minimum absolute atomic E-state index is 0.0631. The van der Waals surface area contributed by atoms with Gasteiger partial charge in [-0.3, -0.25) is 10.1 Å². The van der Waals surface area contributed by atoms with Crippen LogP contribution in [0.15, 0.2) is 0 Å². The molecule has 0 saturated heterocycles. The lowest BCUT2D eigenvalue weighted by Crippen LogP contribution is -2.60. The van der Waals surface area contributed by atoms with Crippen molar-refractivity contribution in [1.29, 1.82) is 0 Å². The van der Waals surface area contributed by atoms with E-state index in [0.29, 0.717) is 13.2 Å². The van der Waals surface area contributed by atoms with E-state index in [-0.39, 0.29) is 12.5 Å². The quantitative estimate of drug-likeness (QED) is 0.576. The van der Waals surface area contributed by atoms with Gasteiger partial charge in [-0.1, -0.05) is 13.8 Å². The summed E-state index contributed by atoms with van der Waals surface area (Å²) in [7, 11) is 3.08. The third kappa shape index (κ3) is 3.77. The van der Waals surface area contributed by atoms with Crippen LogP contribution in [0.25, 0.3) is 0 Å². The van der Waals surface area contributed by atoms with E-state index >= 15 is 0 Å². The number of methoxy groups -OCH3 is 2. The Bertz CT molecular complexity index is 196. The SMILES string of the molecule is COCCNC(COC)(C(=O)O)C(C)C. The highest BCUT2D eigenvalue weighted by molar-refractivity contribution is 5.79. The van der Waals surface area contributed by atoms with Crippen molar-refractivity contribution in [2.45, 2.75) is 19.4 Å². The number of carbonyl (C=O) groups is 1. The Morgan fingerprint density at radius 1 is 1.40 bits per heavy atom. The number of carboxylic acid groups (broad SMARTS) is 1. The number of hydrogen-bond donors (Lipinski definition) is 2. The van der Waals surface area contributed by atoms with Gasteiger partial charge in [0.1, 0.15) is 5.54 Å². The average Bonchev–Trinajstić information content (AvgIpc) is 2.15. The van der Waals surface area contributed by atoms with Gasteiger partial charge in [-0.2, -0.15) is 0 Å². The largest absolute Gasteiger partial charge is 0.480 e. The van der Waals surface area contributed by atoms with Crippen LogP contribution in [0.4, 0.5) is 0 Å². The lowest BCUT2D eigenvalue weighted by molar-refractivity contribution is -0.150. The zero-order valence-electron chi connectivity index (χ0n) is 9.87. The maximum atomic E-state index is 11.3. The van der Waals surface area contributed by atoms with Crippen molar-refractivity contribution in [3.8, 4) is 0 Å². The summed E-state index contributed by atoms with van der Waals surface area (Å²) in [6.07, 6.45) is 0. The zero-order chi connectivity index (χ0) is 11.9. The summed E-state index contributed by atoms with van der Waals surface area (Å²) in [6.45, 7) is 4.82. The molecule has 0 aliphatic heterocycles. The highest BCUT2D eigenvalue weighted by atomic mass is 16.5. The summed E-state index contributed by atoms with van der Waals surface area (Å²) < 4.78 is 9.86. The monoisotopic (exact) mass is 219 g/mol. The van der Waals surface area contributed by atoms with E-state index in [2.05, 4.69) is 5.32 Å². The molecule has 1 unspecified atom stereocenters. The topological polar surface area (TPSA) is 67.8 Å². The smallest absolute Gasteiger partial charge is 0.326 e.